The van der Waals surface area contributed by atoms with Crippen LogP contribution in [-0.4, -0.2) is 18.1 Å². The van der Waals surface area contributed by atoms with Crippen LogP contribution < -0.4 is 5.73 Å². The van der Waals surface area contributed by atoms with E-state index >= 15 is 0 Å². The van der Waals surface area contributed by atoms with E-state index in [4.69, 9.17) is 5.73 Å². The second-order valence-corrected chi connectivity index (χ2v) is 2.92. The van der Waals surface area contributed by atoms with Gasteiger partial charge in [-0.15, -0.1) is 0 Å². The van der Waals surface area contributed by atoms with E-state index < -0.39 is 18.1 Å². The number of nitrogens with zero attached hydrogens (tertiary/aromatic N) is 1. The molecule has 4 nitrogen and oxygen atoms in total. The highest BCUT2D eigenvalue weighted by atomic mass is 19.3. The quantitative estimate of drug-likeness (QED) is 0.764. The smallest absolute Gasteiger partial charge is 0.356 e. The standard InChI is InChI=1S/C9H10F2N2O2/c1-4-3-5(12)7(8(10)11)13-6(4)9(14)15-2/h3,8H,12H2,1-2H3. The van der Waals surface area contributed by atoms with Crippen molar-refractivity contribution < 1.29 is 18.3 Å². The summed E-state index contributed by atoms with van der Waals surface area (Å²) in [5.74, 6) is -0.755. The number of hydrogen-bond acceptors (Lipinski definition) is 4. The van der Waals surface area contributed by atoms with Gasteiger partial charge in [-0.25, -0.2) is 18.6 Å². The number of methoxy groups -OCH3 is 1. The van der Waals surface area contributed by atoms with Crippen molar-refractivity contribution in [3.8, 4) is 0 Å². The van der Waals surface area contributed by atoms with E-state index in [1.165, 1.54) is 6.07 Å². The lowest BCUT2D eigenvalue weighted by Gasteiger charge is -2.08. The molecule has 0 aliphatic rings. The number of carbonyl (C=O) groups is 1. The van der Waals surface area contributed by atoms with E-state index in [2.05, 4.69) is 9.72 Å². The molecule has 0 aromatic carbocycles. The molecule has 6 heteroatoms. The van der Waals surface area contributed by atoms with Gasteiger partial charge in [-0.05, 0) is 18.6 Å². The number of ether oxygens (including phenoxy) is 1. The predicted octanol–water partition coefficient (Wildman–Crippen LogP) is 1.70. The Kier molecular flexibility index (Phi) is 3.18. The fraction of sp³-hybridized carbons (Fsp3) is 0.333. The molecular weight excluding hydrogens is 206 g/mol. The minimum atomic E-state index is -2.81. The lowest BCUT2D eigenvalue weighted by molar-refractivity contribution is 0.0591. The van der Waals surface area contributed by atoms with Gasteiger partial charge in [0.1, 0.15) is 5.69 Å². The predicted molar refractivity (Wildman–Crippen MR) is 49.7 cm³/mol. The molecule has 82 valence electrons. The average molecular weight is 216 g/mol. The van der Waals surface area contributed by atoms with Gasteiger partial charge in [-0.1, -0.05) is 0 Å². The van der Waals surface area contributed by atoms with Crippen molar-refractivity contribution >= 4 is 11.7 Å². The van der Waals surface area contributed by atoms with E-state index in [9.17, 15) is 13.6 Å². The van der Waals surface area contributed by atoms with E-state index in [1.54, 1.807) is 6.92 Å². The van der Waals surface area contributed by atoms with Gasteiger partial charge in [-0.2, -0.15) is 0 Å². The van der Waals surface area contributed by atoms with E-state index in [-0.39, 0.29) is 11.4 Å². The van der Waals surface area contributed by atoms with Crippen LogP contribution in [0.3, 0.4) is 0 Å². The Morgan fingerprint density at radius 1 is 1.60 bits per heavy atom. The largest absolute Gasteiger partial charge is 0.464 e. The monoisotopic (exact) mass is 216 g/mol. The number of aromatic nitrogens is 1. The number of rotatable bonds is 2. The number of halogens is 2. The molecule has 0 aliphatic carbocycles. The fourth-order valence-electron chi connectivity index (χ4n) is 1.13. The Hall–Kier alpha value is -1.72. The molecule has 0 amide bonds. The summed E-state index contributed by atoms with van der Waals surface area (Å²) < 4.78 is 29.2. The van der Waals surface area contributed by atoms with Crippen LogP contribution in [0.1, 0.15) is 28.2 Å². The lowest BCUT2D eigenvalue weighted by Crippen LogP contribution is -2.11. The molecule has 0 saturated heterocycles. The van der Waals surface area contributed by atoms with Crippen molar-refractivity contribution in [3.05, 3.63) is 23.0 Å². The molecule has 1 heterocycles. The molecule has 15 heavy (non-hydrogen) atoms. The third-order valence-corrected chi connectivity index (χ3v) is 1.86. The topological polar surface area (TPSA) is 65.2 Å². The van der Waals surface area contributed by atoms with Crippen LogP contribution in [0.5, 0.6) is 0 Å². The van der Waals surface area contributed by atoms with Crippen molar-refractivity contribution in [2.75, 3.05) is 12.8 Å². The molecule has 1 aromatic rings. The number of alkyl halides is 2. The molecule has 0 unspecified atom stereocenters. The Bertz CT molecular complexity index is 394. The first kappa shape index (κ1) is 11.4. The van der Waals surface area contributed by atoms with Gasteiger partial charge >= 0.3 is 5.97 Å². The molecule has 2 N–H and O–H groups in total. The molecule has 0 saturated carbocycles. The number of carbonyl (C=O) groups excluding carboxylic acids is 1. The van der Waals surface area contributed by atoms with Crippen molar-refractivity contribution in [1.82, 2.24) is 4.98 Å². The highest BCUT2D eigenvalue weighted by molar-refractivity contribution is 5.89. The molecule has 1 rings (SSSR count). The van der Waals surface area contributed by atoms with Gasteiger partial charge < -0.3 is 10.5 Å². The maximum atomic E-state index is 12.4. The van der Waals surface area contributed by atoms with Gasteiger partial charge in [0.05, 0.1) is 12.8 Å². The number of hydrogen-bond donors (Lipinski definition) is 1. The van der Waals surface area contributed by atoms with Crippen LogP contribution in [0.2, 0.25) is 0 Å². The Balaban J connectivity index is 3.29. The maximum absolute atomic E-state index is 12.4. The SMILES string of the molecule is COC(=O)c1nc(C(F)F)c(N)cc1C. The molecule has 1 aromatic heterocycles. The summed E-state index contributed by atoms with van der Waals surface area (Å²) in [6.07, 6.45) is -2.81. The van der Waals surface area contributed by atoms with E-state index in [1.807, 2.05) is 0 Å². The van der Waals surface area contributed by atoms with Crippen LogP contribution in [0.15, 0.2) is 6.07 Å². The first-order valence-electron chi connectivity index (χ1n) is 4.10. The summed E-state index contributed by atoms with van der Waals surface area (Å²) in [5, 5.41) is 0. The zero-order valence-electron chi connectivity index (χ0n) is 8.25. The summed E-state index contributed by atoms with van der Waals surface area (Å²) in [6, 6.07) is 1.28. The molecular formula is C9H10F2N2O2. The van der Waals surface area contributed by atoms with Gasteiger partial charge in [-0.3, -0.25) is 0 Å². The number of aryl methyl sites for hydroxylation is 1. The summed E-state index contributed by atoms with van der Waals surface area (Å²) in [6.45, 7) is 1.55. The first-order chi connectivity index (χ1) is 6.97. The fourth-order valence-corrected chi connectivity index (χ4v) is 1.13. The number of nitrogens with two attached hydrogens (primary N) is 1. The van der Waals surface area contributed by atoms with E-state index in [0.29, 0.717) is 5.56 Å². The van der Waals surface area contributed by atoms with Crippen LogP contribution in [0, 0.1) is 6.92 Å². The van der Waals surface area contributed by atoms with E-state index in [0.717, 1.165) is 7.11 Å². The lowest BCUT2D eigenvalue weighted by atomic mass is 10.1. The molecule has 0 spiro atoms. The van der Waals surface area contributed by atoms with Crippen molar-refractivity contribution in [2.24, 2.45) is 0 Å². The molecule has 0 radical (unpaired) electrons. The second-order valence-electron chi connectivity index (χ2n) is 2.92. The van der Waals surface area contributed by atoms with Crippen LogP contribution >= 0.6 is 0 Å². The van der Waals surface area contributed by atoms with Crippen molar-refractivity contribution in [2.45, 2.75) is 13.3 Å². The first-order valence-corrected chi connectivity index (χ1v) is 4.10. The Labute approximate surface area is 85.1 Å². The van der Waals surface area contributed by atoms with Gasteiger partial charge in [0.25, 0.3) is 6.43 Å². The summed E-state index contributed by atoms with van der Waals surface area (Å²) in [5.41, 5.74) is 4.88. The van der Waals surface area contributed by atoms with Crippen molar-refractivity contribution in [3.63, 3.8) is 0 Å². The van der Waals surface area contributed by atoms with Gasteiger partial charge in [0.2, 0.25) is 0 Å². The van der Waals surface area contributed by atoms with Gasteiger partial charge in [0, 0.05) is 0 Å². The third-order valence-electron chi connectivity index (χ3n) is 1.86. The average Bonchev–Trinajstić information content (AvgIpc) is 2.16. The minimum absolute atomic E-state index is 0.129. The molecule has 0 atom stereocenters. The summed E-state index contributed by atoms with van der Waals surface area (Å²) in [4.78, 5) is 14.6. The molecule has 0 bridgehead atoms. The number of anilines is 1. The molecule has 0 aliphatic heterocycles. The Morgan fingerprint density at radius 2 is 2.20 bits per heavy atom. The van der Waals surface area contributed by atoms with Crippen LogP contribution in [0.25, 0.3) is 0 Å². The number of nitrogen functional groups attached to an aromatic ring is 1. The highest BCUT2D eigenvalue weighted by Crippen LogP contribution is 2.24. The van der Waals surface area contributed by atoms with Crippen molar-refractivity contribution in [1.29, 1.82) is 0 Å². The number of esters is 1. The maximum Gasteiger partial charge on any atom is 0.356 e. The summed E-state index contributed by atoms with van der Waals surface area (Å²) in [7, 11) is 1.15. The zero-order chi connectivity index (χ0) is 11.6. The van der Waals surface area contributed by atoms with Gasteiger partial charge in [0.15, 0.2) is 5.69 Å². The third kappa shape index (κ3) is 2.20. The molecule has 0 fully saturated rings. The van der Waals surface area contributed by atoms with Crippen LogP contribution in [-0.2, 0) is 4.74 Å². The Morgan fingerprint density at radius 3 is 2.67 bits per heavy atom. The summed E-state index contributed by atoms with van der Waals surface area (Å²) >= 11 is 0. The number of pyridine rings is 1. The minimum Gasteiger partial charge on any atom is -0.464 e. The highest BCUT2D eigenvalue weighted by Gasteiger charge is 2.19. The van der Waals surface area contributed by atoms with Crippen LogP contribution in [0.4, 0.5) is 14.5 Å². The zero-order valence-corrected chi connectivity index (χ0v) is 8.25. The normalized spacial score (nSPS) is 10.5. The second kappa shape index (κ2) is 4.20.